The van der Waals surface area contributed by atoms with Gasteiger partial charge in [0.05, 0.1) is 48.0 Å². The third-order valence-electron chi connectivity index (χ3n) is 6.92. The number of nitrogens with zero attached hydrogens (tertiary/aromatic N) is 4. The molecule has 0 spiro atoms. The van der Waals surface area contributed by atoms with Gasteiger partial charge in [-0.1, -0.05) is 17.7 Å². The minimum absolute atomic E-state index is 0.0529. The summed E-state index contributed by atoms with van der Waals surface area (Å²) in [5.74, 6) is 0.970. The summed E-state index contributed by atoms with van der Waals surface area (Å²) >= 11 is 12.4. The van der Waals surface area contributed by atoms with Crippen LogP contribution in [0.5, 0.6) is 11.5 Å². The molecule has 1 aliphatic heterocycles. The van der Waals surface area contributed by atoms with Crippen LogP contribution in [0.3, 0.4) is 0 Å². The molecular weight excluding hydrogens is 538 g/mol. The summed E-state index contributed by atoms with van der Waals surface area (Å²) in [6.45, 7) is 3.88. The summed E-state index contributed by atoms with van der Waals surface area (Å²) < 4.78 is 12.5. The number of methoxy groups -OCH3 is 2. The fourth-order valence-corrected chi connectivity index (χ4v) is 5.78. The number of aromatic nitrogens is 2. The fraction of sp³-hybridized carbons (Fsp3) is 0.214. The average Bonchev–Trinajstić information content (AvgIpc) is 3.43. The molecule has 0 saturated carbocycles. The van der Waals surface area contributed by atoms with Gasteiger partial charge in [0.1, 0.15) is 17.2 Å². The topological polar surface area (TPSA) is 94.7 Å². The second kappa shape index (κ2) is 10.5. The Morgan fingerprint density at radius 3 is 2.51 bits per heavy atom. The van der Waals surface area contributed by atoms with Crippen LogP contribution in [0.1, 0.15) is 34.7 Å². The first-order chi connectivity index (χ1) is 18.7. The Morgan fingerprint density at radius 1 is 1.08 bits per heavy atom. The normalized spacial score (nSPS) is 16.7. The number of halogens is 1. The third-order valence-corrected chi connectivity index (χ3v) is 7.53. The zero-order valence-electron chi connectivity index (χ0n) is 21.7. The van der Waals surface area contributed by atoms with Crippen molar-refractivity contribution in [3.63, 3.8) is 0 Å². The summed E-state index contributed by atoms with van der Waals surface area (Å²) in [6, 6.07) is 17.5. The number of benzene rings is 2. The van der Waals surface area contributed by atoms with Gasteiger partial charge in [0.25, 0.3) is 5.69 Å². The molecule has 4 aromatic rings. The van der Waals surface area contributed by atoms with Crippen LogP contribution < -0.4 is 19.7 Å². The lowest BCUT2D eigenvalue weighted by Crippen LogP contribution is -2.29. The van der Waals surface area contributed by atoms with Gasteiger partial charge >= 0.3 is 0 Å². The number of nitrogens with one attached hydrogen (secondary N) is 1. The van der Waals surface area contributed by atoms with Gasteiger partial charge in [-0.05, 0) is 80.2 Å². The van der Waals surface area contributed by atoms with Crippen molar-refractivity contribution in [2.75, 3.05) is 19.1 Å². The Bertz CT molecular complexity index is 1580. The third kappa shape index (κ3) is 4.66. The molecule has 200 valence electrons. The van der Waals surface area contributed by atoms with E-state index in [0.717, 1.165) is 28.3 Å². The van der Waals surface area contributed by atoms with Crippen molar-refractivity contribution < 1.29 is 14.4 Å². The van der Waals surface area contributed by atoms with Crippen molar-refractivity contribution in [3.05, 3.63) is 105 Å². The van der Waals surface area contributed by atoms with Gasteiger partial charge in [0.2, 0.25) is 0 Å². The second-order valence-electron chi connectivity index (χ2n) is 9.09. The van der Waals surface area contributed by atoms with Crippen LogP contribution in [0.25, 0.3) is 5.69 Å². The zero-order valence-corrected chi connectivity index (χ0v) is 23.3. The first-order valence-electron chi connectivity index (χ1n) is 12.1. The molecule has 2 unspecified atom stereocenters. The number of nitro groups is 1. The lowest BCUT2D eigenvalue weighted by molar-refractivity contribution is -0.384. The van der Waals surface area contributed by atoms with E-state index in [1.165, 1.54) is 13.2 Å². The largest absolute Gasteiger partial charge is 0.496 e. The Morgan fingerprint density at radius 2 is 1.87 bits per heavy atom. The highest BCUT2D eigenvalue weighted by Gasteiger charge is 2.42. The van der Waals surface area contributed by atoms with Crippen LogP contribution in [0, 0.1) is 24.0 Å². The van der Waals surface area contributed by atoms with E-state index in [4.69, 9.17) is 33.3 Å². The molecule has 0 bridgehead atoms. The highest BCUT2D eigenvalue weighted by molar-refractivity contribution is 7.80. The van der Waals surface area contributed by atoms with E-state index in [-0.39, 0.29) is 17.8 Å². The maximum Gasteiger partial charge on any atom is 0.296 e. The number of aryl methyl sites for hydroxylation is 1. The summed E-state index contributed by atoms with van der Waals surface area (Å²) in [5.41, 5.74) is 4.59. The quantitative estimate of drug-likeness (QED) is 0.160. The van der Waals surface area contributed by atoms with Crippen LogP contribution in [0.15, 0.2) is 66.9 Å². The van der Waals surface area contributed by atoms with Crippen LogP contribution in [0.2, 0.25) is 5.02 Å². The van der Waals surface area contributed by atoms with E-state index < -0.39 is 4.92 Å². The highest BCUT2D eigenvalue weighted by Crippen LogP contribution is 2.45. The van der Waals surface area contributed by atoms with Gasteiger partial charge in [-0.25, -0.2) is 0 Å². The van der Waals surface area contributed by atoms with Gasteiger partial charge in [-0.15, -0.1) is 0 Å². The van der Waals surface area contributed by atoms with Crippen molar-refractivity contribution in [2.45, 2.75) is 25.9 Å². The number of nitro benzene ring substituents is 1. The van der Waals surface area contributed by atoms with Crippen molar-refractivity contribution in [1.82, 2.24) is 14.9 Å². The van der Waals surface area contributed by atoms with Crippen LogP contribution in [-0.2, 0) is 0 Å². The van der Waals surface area contributed by atoms with Gasteiger partial charge in [0, 0.05) is 23.3 Å². The number of pyridine rings is 1. The van der Waals surface area contributed by atoms with Crippen molar-refractivity contribution in [3.8, 4) is 17.2 Å². The molecule has 1 aliphatic rings. The number of ether oxygens (including phenoxy) is 2. The number of hydrogen-bond acceptors (Lipinski definition) is 6. The van der Waals surface area contributed by atoms with Crippen molar-refractivity contribution in [2.24, 2.45) is 0 Å². The number of anilines is 1. The van der Waals surface area contributed by atoms with Crippen molar-refractivity contribution >= 4 is 40.3 Å². The van der Waals surface area contributed by atoms with E-state index in [0.29, 0.717) is 27.3 Å². The van der Waals surface area contributed by atoms with E-state index in [1.54, 1.807) is 31.5 Å². The molecule has 1 fully saturated rings. The summed E-state index contributed by atoms with van der Waals surface area (Å²) in [5, 5.41) is 16.4. The van der Waals surface area contributed by atoms with Gasteiger partial charge in [-0.3, -0.25) is 15.1 Å². The Kier molecular flexibility index (Phi) is 7.16. The standard InChI is InChI=1S/C28H26ClN5O4S/c1-16-13-20(17(2)32(16)23-10-9-19(37-3)15-24(23)34(35)36)27-26(22-7-5-6-12-30-22)31-28(39)33(27)18-8-11-25(38-4)21(29)14-18/h5-15,26-27H,1-4H3,(H,31,39). The molecule has 2 aromatic heterocycles. The van der Waals surface area contributed by atoms with E-state index in [1.807, 2.05) is 59.7 Å². The van der Waals surface area contributed by atoms with Gasteiger partial charge in [-0.2, -0.15) is 0 Å². The lowest BCUT2D eigenvalue weighted by atomic mass is 9.96. The van der Waals surface area contributed by atoms with Gasteiger partial charge < -0.3 is 24.3 Å². The predicted octanol–water partition coefficient (Wildman–Crippen LogP) is 6.25. The molecule has 39 heavy (non-hydrogen) atoms. The molecule has 1 N–H and O–H groups in total. The minimum atomic E-state index is -0.398. The molecule has 2 aromatic carbocycles. The number of hydrogen-bond donors (Lipinski definition) is 1. The fourth-order valence-electron chi connectivity index (χ4n) is 5.18. The molecule has 3 heterocycles. The zero-order chi connectivity index (χ0) is 27.8. The molecule has 1 saturated heterocycles. The number of rotatable bonds is 7. The number of thiocarbonyl (C=S) groups is 1. The first kappa shape index (κ1) is 26.5. The smallest absolute Gasteiger partial charge is 0.296 e. The average molecular weight is 564 g/mol. The first-order valence-corrected chi connectivity index (χ1v) is 12.9. The summed E-state index contributed by atoms with van der Waals surface area (Å²) in [6.07, 6.45) is 1.74. The van der Waals surface area contributed by atoms with Crippen LogP contribution in [-0.4, -0.2) is 33.8 Å². The molecule has 11 heteroatoms. The highest BCUT2D eigenvalue weighted by atomic mass is 35.5. The molecule has 2 atom stereocenters. The molecule has 0 amide bonds. The Labute approximate surface area is 236 Å². The summed E-state index contributed by atoms with van der Waals surface area (Å²) in [7, 11) is 3.05. The van der Waals surface area contributed by atoms with E-state index in [2.05, 4.69) is 10.3 Å². The van der Waals surface area contributed by atoms with Gasteiger partial charge in [0.15, 0.2) is 5.11 Å². The molecule has 5 rings (SSSR count). The minimum Gasteiger partial charge on any atom is -0.496 e. The SMILES string of the molecule is COc1ccc(-n2c(C)cc(C3C(c4ccccn4)NC(=S)N3c3ccc(OC)c(Cl)c3)c2C)c([N+](=O)[O-])c1. The lowest BCUT2D eigenvalue weighted by Gasteiger charge is -2.28. The maximum atomic E-state index is 12.0. The van der Waals surface area contributed by atoms with E-state index >= 15 is 0 Å². The second-order valence-corrected chi connectivity index (χ2v) is 9.88. The Hall–Kier alpha value is -4.15. The Balaban J connectivity index is 1.70. The monoisotopic (exact) mass is 563 g/mol. The molecule has 9 nitrogen and oxygen atoms in total. The summed E-state index contributed by atoms with van der Waals surface area (Å²) in [4.78, 5) is 18.2. The molecule has 0 aliphatic carbocycles. The predicted molar refractivity (Wildman–Crippen MR) is 154 cm³/mol. The van der Waals surface area contributed by atoms with Crippen LogP contribution >= 0.6 is 23.8 Å². The van der Waals surface area contributed by atoms with Crippen LogP contribution in [0.4, 0.5) is 11.4 Å². The van der Waals surface area contributed by atoms with Crippen molar-refractivity contribution in [1.29, 1.82) is 0 Å². The molecule has 0 radical (unpaired) electrons. The van der Waals surface area contributed by atoms with E-state index in [9.17, 15) is 10.1 Å². The maximum absolute atomic E-state index is 12.0. The molecular formula is C28H26ClN5O4S.